The zero-order chi connectivity index (χ0) is 20.5. The zero-order valence-corrected chi connectivity index (χ0v) is 16.2. The number of esters is 1. The molecule has 0 bridgehead atoms. The van der Waals surface area contributed by atoms with E-state index in [1.807, 2.05) is 6.07 Å². The second kappa shape index (κ2) is 7.16. The first kappa shape index (κ1) is 19.7. The molecule has 2 aromatic rings. The number of nitrogens with one attached hydrogen (secondary N) is 1. The monoisotopic (exact) mass is 405 g/mol. The Morgan fingerprint density at radius 2 is 2.07 bits per heavy atom. The summed E-state index contributed by atoms with van der Waals surface area (Å²) in [4.78, 5) is 24.5. The van der Waals surface area contributed by atoms with Crippen LogP contribution in [0.5, 0.6) is 0 Å². The first-order valence-corrected chi connectivity index (χ1v) is 10.3. The molecule has 0 unspecified atom stereocenters. The van der Waals surface area contributed by atoms with E-state index < -0.39 is 33.9 Å². The highest BCUT2D eigenvalue weighted by Crippen LogP contribution is 2.26. The molecule has 10 heteroatoms. The summed E-state index contributed by atoms with van der Waals surface area (Å²) in [6.45, 7) is 2.56. The fourth-order valence-corrected chi connectivity index (χ4v) is 5.31. The van der Waals surface area contributed by atoms with E-state index in [4.69, 9.17) is 9.15 Å². The number of rotatable bonds is 5. The Hall–Kier alpha value is -3.06. The summed E-state index contributed by atoms with van der Waals surface area (Å²) in [5.41, 5.74) is -0.922. The summed E-state index contributed by atoms with van der Waals surface area (Å²) in [6.07, 6.45) is 3.63. The fraction of sp³-hybridized carbons (Fsp3) is 0.389. The van der Waals surface area contributed by atoms with Gasteiger partial charge in [-0.15, -0.1) is 0 Å². The van der Waals surface area contributed by atoms with Crippen LogP contribution < -0.4 is 5.32 Å². The lowest BCUT2D eigenvalue weighted by atomic mass is 10.0. The van der Waals surface area contributed by atoms with Crippen LogP contribution in [0.25, 0.3) is 5.88 Å². The second-order valence-corrected chi connectivity index (χ2v) is 9.13. The maximum absolute atomic E-state index is 12.4. The topological polar surface area (TPSA) is 131 Å². The first-order chi connectivity index (χ1) is 13.1. The highest BCUT2D eigenvalue weighted by atomic mass is 32.2. The molecule has 2 aromatic heterocycles. The van der Waals surface area contributed by atoms with Gasteiger partial charge in [-0.3, -0.25) is 9.36 Å². The number of nitrogens with zero attached hydrogens (tertiary/aromatic N) is 2. The van der Waals surface area contributed by atoms with Gasteiger partial charge < -0.3 is 14.5 Å². The molecule has 1 N–H and O–H groups in total. The molecule has 3 heterocycles. The molecule has 9 nitrogen and oxygen atoms in total. The number of sulfone groups is 1. The third kappa shape index (κ3) is 3.94. The predicted molar refractivity (Wildman–Crippen MR) is 97.6 cm³/mol. The maximum atomic E-state index is 12.4. The largest absolute Gasteiger partial charge is 0.452 e. The van der Waals surface area contributed by atoms with Gasteiger partial charge in [0, 0.05) is 12.4 Å². The molecule has 1 aliphatic heterocycles. The van der Waals surface area contributed by atoms with Gasteiger partial charge in [0.2, 0.25) is 5.88 Å². The van der Waals surface area contributed by atoms with Crippen LogP contribution in [0.4, 0.5) is 0 Å². The fourth-order valence-electron chi connectivity index (χ4n) is 3.22. The summed E-state index contributed by atoms with van der Waals surface area (Å²) in [5, 5.41) is 12.0. The van der Waals surface area contributed by atoms with E-state index in [0.717, 1.165) is 0 Å². The van der Waals surface area contributed by atoms with Gasteiger partial charge in [-0.25, -0.2) is 13.2 Å². The minimum absolute atomic E-state index is 0.00544. The van der Waals surface area contributed by atoms with Crippen LogP contribution in [-0.2, 0) is 19.4 Å². The van der Waals surface area contributed by atoms with E-state index in [9.17, 15) is 23.3 Å². The van der Waals surface area contributed by atoms with Crippen molar-refractivity contribution in [1.82, 2.24) is 9.88 Å². The van der Waals surface area contributed by atoms with Crippen LogP contribution in [0.2, 0.25) is 0 Å². The summed E-state index contributed by atoms with van der Waals surface area (Å²) in [5.74, 6) is -1.25. The Morgan fingerprint density at radius 1 is 1.39 bits per heavy atom. The number of furan rings is 1. The highest BCUT2D eigenvalue weighted by molar-refractivity contribution is 7.91. The van der Waals surface area contributed by atoms with Crippen molar-refractivity contribution in [1.29, 1.82) is 5.26 Å². The van der Waals surface area contributed by atoms with Gasteiger partial charge in [-0.2, -0.15) is 5.26 Å². The Bertz CT molecular complexity index is 1060. The molecular weight excluding hydrogens is 386 g/mol. The molecule has 1 fully saturated rings. The molecule has 0 radical (unpaired) electrons. The molecule has 1 saturated heterocycles. The number of carbonyl (C=O) groups is 2. The van der Waals surface area contributed by atoms with Crippen molar-refractivity contribution in [3.8, 4) is 12.0 Å². The zero-order valence-electron chi connectivity index (χ0n) is 15.4. The smallest absolute Gasteiger partial charge is 0.343 e. The van der Waals surface area contributed by atoms with Gasteiger partial charge in [0.1, 0.15) is 23.0 Å². The molecule has 0 aromatic carbocycles. The lowest BCUT2D eigenvalue weighted by molar-refractivity contribution is -0.125. The van der Waals surface area contributed by atoms with Crippen molar-refractivity contribution < 1.29 is 27.2 Å². The third-order valence-electron chi connectivity index (χ3n) is 4.50. The van der Waals surface area contributed by atoms with Crippen LogP contribution in [0.3, 0.4) is 0 Å². The summed E-state index contributed by atoms with van der Waals surface area (Å²) in [6, 6.07) is 5.42. The molecule has 1 atom stereocenters. The lowest BCUT2D eigenvalue weighted by Gasteiger charge is -2.23. The molecule has 3 rings (SSSR count). The SMILES string of the molecule is Cc1oc(-n2cccc2)c(C#N)c1C(=O)OCC(=O)N[C@]1(C)CCS(=O)(=O)C1. The van der Waals surface area contributed by atoms with Crippen LogP contribution >= 0.6 is 0 Å². The number of aromatic nitrogens is 1. The third-order valence-corrected chi connectivity index (χ3v) is 6.40. The molecule has 0 aliphatic carbocycles. The van der Waals surface area contributed by atoms with E-state index in [1.165, 1.54) is 6.92 Å². The van der Waals surface area contributed by atoms with Gasteiger partial charge >= 0.3 is 5.97 Å². The van der Waals surface area contributed by atoms with Crippen molar-refractivity contribution in [2.45, 2.75) is 25.8 Å². The van der Waals surface area contributed by atoms with Crippen LogP contribution in [0.15, 0.2) is 28.9 Å². The molecule has 0 spiro atoms. The Kier molecular flexibility index (Phi) is 5.04. The average Bonchev–Trinajstić information content (AvgIpc) is 3.30. The molecule has 1 aliphatic rings. The van der Waals surface area contributed by atoms with Crippen molar-refractivity contribution in [2.75, 3.05) is 18.1 Å². The van der Waals surface area contributed by atoms with Crippen LogP contribution in [0.1, 0.15) is 35.0 Å². The van der Waals surface area contributed by atoms with Crippen molar-refractivity contribution in [3.63, 3.8) is 0 Å². The Morgan fingerprint density at radius 3 is 2.64 bits per heavy atom. The van der Waals surface area contributed by atoms with E-state index in [0.29, 0.717) is 6.42 Å². The van der Waals surface area contributed by atoms with Crippen LogP contribution in [0, 0.1) is 18.3 Å². The van der Waals surface area contributed by atoms with Crippen molar-refractivity contribution in [2.24, 2.45) is 0 Å². The number of aryl methyl sites for hydroxylation is 1. The minimum Gasteiger partial charge on any atom is -0.452 e. The number of nitriles is 1. The van der Waals surface area contributed by atoms with Gasteiger partial charge in [0.05, 0.1) is 17.0 Å². The first-order valence-electron chi connectivity index (χ1n) is 8.49. The average molecular weight is 405 g/mol. The summed E-state index contributed by atoms with van der Waals surface area (Å²) >= 11 is 0. The molecule has 1 amide bonds. The standard InChI is InChI=1S/C18H19N3O6S/c1-12-15(13(9-19)16(27-12)21-6-3-4-7-21)17(23)26-10-14(22)20-18(2)5-8-28(24,25)11-18/h3-4,6-7H,5,8,10-11H2,1-2H3,(H,20,22)/t18-/m1/s1. The summed E-state index contributed by atoms with van der Waals surface area (Å²) in [7, 11) is -3.18. The summed E-state index contributed by atoms with van der Waals surface area (Å²) < 4.78 is 35.3. The van der Waals surface area contributed by atoms with Gasteiger partial charge in [-0.1, -0.05) is 0 Å². The second-order valence-electron chi connectivity index (χ2n) is 6.94. The number of amides is 1. The van der Waals surface area contributed by atoms with E-state index in [2.05, 4.69) is 5.32 Å². The van der Waals surface area contributed by atoms with Crippen LogP contribution in [-0.4, -0.2) is 48.5 Å². The number of hydrogen-bond acceptors (Lipinski definition) is 7. The predicted octanol–water partition coefficient (Wildman–Crippen LogP) is 1.10. The number of hydrogen-bond donors (Lipinski definition) is 1. The van der Waals surface area contributed by atoms with Gasteiger partial charge in [0.15, 0.2) is 16.4 Å². The highest BCUT2D eigenvalue weighted by Gasteiger charge is 2.39. The molecular formula is C18H19N3O6S. The maximum Gasteiger partial charge on any atom is 0.343 e. The normalized spacial score (nSPS) is 20.5. The Labute approximate surface area is 161 Å². The minimum atomic E-state index is -3.18. The Balaban J connectivity index is 1.69. The van der Waals surface area contributed by atoms with E-state index in [-0.39, 0.29) is 34.3 Å². The van der Waals surface area contributed by atoms with Crippen molar-refractivity contribution >= 4 is 21.7 Å². The quantitative estimate of drug-likeness (QED) is 0.737. The molecule has 148 valence electrons. The van der Waals surface area contributed by atoms with Crippen molar-refractivity contribution in [3.05, 3.63) is 41.4 Å². The number of carbonyl (C=O) groups excluding carboxylic acids is 2. The number of ether oxygens (including phenoxy) is 1. The van der Waals surface area contributed by atoms with Gasteiger partial charge in [0.25, 0.3) is 5.91 Å². The van der Waals surface area contributed by atoms with Gasteiger partial charge in [-0.05, 0) is 32.4 Å². The van der Waals surface area contributed by atoms with E-state index in [1.54, 1.807) is 36.0 Å². The molecule has 28 heavy (non-hydrogen) atoms. The van der Waals surface area contributed by atoms with E-state index >= 15 is 0 Å². The lowest BCUT2D eigenvalue weighted by Crippen LogP contribution is -2.48. The molecule has 0 saturated carbocycles.